The van der Waals surface area contributed by atoms with Gasteiger partial charge in [-0.05, 0) is 42.7 Å². The van der Waals surface area contributed by atoms with Gasteiger partial charge in [0.2, 0.25) is 0 Å². The van der Waals surface area contributed by atoms with Crippen molar-refractivity contribution in [1.29, 1.82) is 0 Å². The number of rotatable bonds is 8. The van der Waals surface area contributed by atoms with Crippen LogP contribution in [0, 0.1) is 0 Å². The molecule has 2 aromatic rings. The Kier molecular flexibility index (Phi) is 8.96. The molecule has 0 spiro atoms. The van der Waals surface area contributed by atoms with E-state index in [4.69, 9.17) is 9.29 Å². The molecule has 0 saturated carbocycles. The molecule has 0 atom stereocenters. The Bertz CT molecular complexity index is 773. The standard InChI is InChI=1S/C18H22O5S.Na/c1-2-3-4-5-6-14-7-9-16(10-8-14)23-17-11-15(19)12-18(13-17)24(20,21)22;/h7-13,19H,2-6H2,1H3,(H,20,21,22);/q;+1/p-1. The topological polar surface area (TPSA) is 86.7 Å². The van der Waals surface area contributed by atoms with Crippen LogP contribution in [0.25, 0.3) is 0 Å². The van der Waals surface area contributed by atoms with Crippen LogP contribution >= 0.6 is 0 Å². The van der Waals surface area contributed by atoms with Gasteiger partial charge in [-0.15, -0.1) is 5.75 Å². The van der Waals surface area contributed by atoms with Crippen molar-refractivity contribution in [3.63, 3.8) is 0 Å². The Balaban J connectivity index is 0.00000312. The molecule has 7 heteroatoms. The van der Waals surface area contributed by atoms with Gasteiger partial charge < -0.3 is 9.84 Å². The third-order valence-electron chi connectivity index (χ3n) is 3.63. The average Bonchev–Trinajstić information content (AvgIpc) is 2.52. The molecule has 0 unspecified atom stereocenters. The molecule has 0 amide bonds. The Morgan fingerprint density at radius 1 is 1.00 bits per heavy atom. The van der Waals surface area contributed by atoms with Crippen molar-refractivity contribution in [2.45, 2.75) is 43.9 Å². The third-order valence-corrected chi connectivity index (χ3v) is 4.46. The molecule has 0 radical (unpaired) electrons. The Morgan fingerprint density at radius 3 is 2.28 bits per heavy atom. The fourth-order valence-corrected chi connectivity index (χ4v) is 2.90. The van der Waals surface area contributed by atoms with Crippen molar-refractivity contribution < 1.29 is 52.4 Å². The van der Waals surface area contributed by atoms with E-state index in [0.29, 0.717) is 5.75 Å². The summed E-state index contributed by atoms with van der Waals surface area (Å²) < 4.78 is 36.8. The smallest absolute Gasteiger partial charge is 0.872 e. The van der Waals surface area contributed by atoms with Crippen molar-refractivity contribution in [3.05, 3.63) is 48.0 Å². The van der Waals surface area contributed by atoms with Gasteiger partial charge in [-0.1, -0.05) is 38.3 Å². The van der Waals surface area contributed by atoms with Gasteiger partial charge in [-0.25, -0.2) is 0 Å². The van der Waals surface area contributed by atoms with Gasteiger partial charge in [0, 0.05) is 6.07 Å². The Morgan fingerprint density at radius 2 is 1.68 bits per heavy atom. The van der Waals surface area contributed by atoms with Crippen LogP contribution in [0.1, 0.15) is 38.2 Å². The number of hydrogen-bond donors (Lipinski definition) is 1. The van der Waals surface area contributed by atoms with Crippen molar-refractivity contribution in [2.75, 3.05) is 0 Å². The summed E-state index contributed by atoms with van der Waals surface area (Å²) in [5.41, 5.74) is 1.20. The minimum Gasteiger partial charge on any atom is -0.872 e. The van der Waals surface area contributed by atoms with Gasteiger partial charge in [0.1, 0.15) is 11.5 Å². The maximum Gasteiger partial charge on any atom is 1.00 e. The van der Waals surface area contributed by atoms with Gasteiger partial charge in [-0.3, -0.25) is 4.55 Å². The van der Waals surface area contributed by atoms with E-state index in [1.807, 2.05) is 12.1 Å². The van der Waals surface area contributed by atoms with Crippen LogP contribution < -0.4 is 39.4 Å². The first-order chi connectivity index (χ1) is 11.4. The van der Waals surface area contributed by atoms with E-state index in [9.17, 15) is 13.5 Å². The van der Waals surface area contributed by atoms with Gasteiger partial charge >= 0.3 is 29.6 Å². The zero-order valence-corrected chi connectivity index (χ0v) is 17.4. The summed E-state index contributed by atoms with van der Waals surface area (Å²) in [6, 6.07) is 10.6. The fourth-order valence-electron chi connectivity index (χ4n) is 2.37. The first-order valence-corrected chi connectivity index (χ1v) is 9.39. The van der Waals surface area contributed by atoms with Crippen LogP contribution in [-0.2, 0) is 16.5 Å². The van der Waals surface area contributed by atoms with Crippen LogP contribution in [0.2, 0.25) is 0 Å². The molecule has 2 aromatic carbocycles. The summed E-state index contributed by atoms with van der Waals surface area (Å²) in [5.74, 6) is 0.0256. The van der Waals surface area contributed by atoms with Crippen LogP contribution in [0.5, 0.6) is 17.2 Å². The SMILES string of the molecule is CCCCCCc1ccc(Oc2cc([O-])cc(S(=O)(=O)O)c2)cc1.[Na+]. The summed E-state index contributed by atoms with van der Waals surface area (Å²) in [6.07, 6.45) is 5.80. The summed E-state index contributed by atoms with van der Waals surface area (Å²) in [6.45, 7) is 2.18. The normalized spacial score (nSPS) is 11.0. The van der Waals surface area contributed by atoms with Crippen LogP contribution in [-0.4, -0.2) is 13.0 Å². The molecule has 0 saturated heterocycles. The maximum atomic E-state index is 11.5. The molecule has 0 bridgehead atoms. The minimum absolute atomic E-state index is 0. The first-order valence-electron chi connectivity index (χ1n) is 7.95. The predicted octanol–water partition coefficient (Wildman–Crippen LogP) is 0.926. The second-order valence-electron chi connectivity index (χ2n) is 5.67. The number of benzene rings is 2. The molecule has 0 aliphatic rings. The second-order valence-corrected chi connectivity index (χ2v) is 7.09. The maximum absolute atomic E-state index is 11.5. The van der Waals surface area contributed by atoms with E-state index >= 15 is 0 Å². The minimum atomic E-state index is -4.44. The van der Waals surface area contributed by atoms with Crippen molar-refractivity contribution in [2.24, 2.45) is 0 Å². The third kappa shape index (κ3) is 7.38. The molecular weight excluding hydrogens is 351 g/mol. The number of ether oxygens (including phenoxy) is 1. The number of unbranched alkanes of at least 4 members (excludes halogenated alkanes) is 3. The summed E-state index contributed by atoms with van der Waals surface area (Å²) >= 11 is 0. The molecule has 0 aromatic heterocycles. The molecule has 0 aliphatic carbocycles. The fraction of sp³-hybridized carbons (Fsp3) is 0.333. The summed E-state index contributed by atoms with van der Waals surface area (Å²) in [5, 5.41) is 11.5. The summed E-state index contributed by atoms with van der Waals surface area (Å²) in [4.78, 5) is -0.474. The molecule has 1 N–H and O–H groups in total. The number of aryl methyl sites for hydroxylation is 1. The predicted molar refractivity (Wildman–Crippen MR) is 90.1 cm³/mol. The van der Waals surface area contributed by atoms with E-state index in [1.165, 1.54) is 30.9 Å². The average molecular weight is 372 g/mol. The molecule has 0 aliphatic heterocycles. The van der Waals surface area contributed by atoms with Gasteiger partial charge in [0.15, 0.2) is 0 Å². The van der Waals surface area contributed by atoms with Crippen molar-refractivity contribution in [3.8, 4) is 17.2 Å². The Labute approximate surface area is 171 Å². The van der Waals surface area contributed by atoms with Gasteiger partial charge in [-0.2, -0.15) is 8.42 Å². The van der Waals surface area contributed by atoms with Crippen LogP contribution in [0.4, 0.5) is 0 Å². The molecule has 5 nitrogen and oxygen atoms in total. The van der Waals surface area contributed by atoms with E-state index in [0.717, 1.165) is 25.0 Å². The van der Waals surface area contributed by atoms with E-state index in [1.54, 1.807) is 12.1 Å². The van der Waals surface area contributed by atoms with Crippen LogP contribution in [0.3, 0.4) is 0 Å². The van der Waals surface area contributed by atoms with Crippen molar-refractivity contribution >= 4 is 10.1 Å². The van der Waals surface area contributed by atoms with Crippen LogP contribution in [0.15, 0.2) is 47.4 Å². The molecular formula is C18H21NaO5S. The monoisotopic (exact) mass is 372 g/mol. The summed E-state index contributed by atoms with van der Waals surface area (Å²) in [7, 11) is -4.44. The first kappa shape index (κ1) is 22.0. The Hall–Kier alpha value is -1.05. The molecule has 0 fully saturated rings. The zero-order valence-electron chi connectivity index (χ0n) is 14.6. The van der Waals surface area contributed by atoms with E-state index in [-0.39, 0.29) is 35.3 Å². The molecule has 25 heavy (non-hydrogen) atoms. The number of hydrogen-bond acceptors (Lipinski definition) is 4. The second kappa shape index (κ2) is 10.2. The van der Waals surface area contributed by atoms with Gasteiger partial charge in [0.05, 0.1) is 4.90 Å². The van der Waals surface area contributed by atoms with Crippen molar-refractivity contribution in [1.82, 2.24) is 0 Å². The zero-order chi connectivity index (χ0) is 17.6. The molecule has 130 valence electrons. The molecule has 0 heterocycles. The van der Waals surface area contributed by atoms with E-state index in [2.05, 4.69) is 6.92 Å². The largest absolute Gasteiger partial charge is 1.00 e. The quantitative estimate of drug-likeness (QED) is 0.423. The van der Waals surface area contributed by atoms with Gasteiger partial charge in [0.25, 0.3) is 10.1 Å². The van der Waals surface area contributed by atoms with E-state index < -0.39 is 20.8 Å². The molecule has 2 rings (SSSR count).